The van der Waals surface area contributed by atoms with Crippen LogP contribution in [0.25, 0.3) is 0 Å². The Morgan fingerprint density at radius 3 is 2.40 bits per heavy atom. The Morgan fingerprint density at radius 2 is 1.85 bits per heavy atom. The molecule has 7 heteroatoms. The summed E-state index contributed by atoms with van der Waals surface area (Å²) in [5.74, 6) is -0.718. The van der Waals surface area contributed by atoms with Gasteiger partial charge in [0.25, 0.3) is 0 Å². The zero-order valence-electron chi connectivity index (χ0n) is 10.9. The molecule has 1 amide bonds. The zero-order valence-corrected chi connectivity index (χ0v) is 11.7. The minimum absolute atomic E-state index is 0. The molecular formula is C13H18ClFN2O3. The maximum atomic E-state index is 12.8. The molecule has 1 fully saturated rings. The van der Waals surface area contributed by atoms with Gasteiger partial charge in [0.2, 0.25) is 5.91 Å². The first kappa shape index (κ1) is 16.8. The Hall–Kier alpha value is -1.21. The normalized spacial score (nSPS) is 18.1. The predicted molar refractivity (Wildman–Crippen MR) is 74.0 cm³/mol. The van der Waals surface area contributed by atoms with Crippen molar-refractivity contribution in [2.75, 3.05) is 26.3 Å². The van der Waals surface area contributed by atoms with Crippen LogP contribution in [0.4, 0.5) is 4.39 Å². The Kier molecular flexibility index (Phi) is 6.35. The van der Waals surface area contributed by atoms with Gasteiger partial charge in [-0.3, -0.25) is 4.79 Å². The van der Waals surface area contributed by atoms with E-state index in [0.717, 1.165) is 0 Å². The summed E-state index contributed by atoms with van der Waals surface area (Å²) < 4.78 is 17.9. The van der Waals surface area contributed by atoms with E-state index in [4.69, 9.17) is 10.5 Å². The molecule has 1 aliphatic rings. The van der Waals surface area contributed by atoms with E-state index in [-0.39, 0.29) is 18.3 Å². The lowest BCUT2D eigenvalue weighted by Gasteiger charge is -2.30. The predicted octanol–water partition coefficient (Wildman–Crippen LogP) is 0.467. The molecule has 2 atom stereocenters. The highest BCUT2D eigenvalue weighted by Gasteiger charge is 2.29. The monoisotopic (exact) mass is 304 g/mol. The van der Waals surface area contributed by atoms with Crippen LogP contribution in [-0.4, -0.2) is 48.3 Å². The minimum Gasteiger partial charge on any atom is -0.386 e. The number of rotatable bonds is 3. The fourth-order valence-electron chi connectivity index (χ4n) is 2.00. The summed E-state index contributed by atoms with van der Waals surface area (Å²) in [6.45, 7) is 1.90. The SMILES string of the molecule is Cl.N[C@@H](C(=O)N1CCOCC1)[C@@H](O)c1ccc(F)cc1. The van der Waals surface area contributed by atoms with Crippen LogP contribution < -0.4 is 5.73 Å². The van der Waals surface area contributed by atoms with Gasteiger partial charge in [-0.15, -0.1) is 12.4 Å². The second kappa shape index (κ2) is 7.54. The molecule has 0 saturated carbocycles. The summed E-state index contributed by atoms with van der Waals surface area (Å²) in [5, 5.41) is 10.1. The average Bonchev–Trinajstić information content (AvgIpc) is 2.46. The number of hydrogen-bond acceptors (Lipinski definition) is 4. The van der Waals surface area contributed by atoms with Crippen molar-refractivity contribution in [2.45, 2.75) is 12.1 Å². The lowest BCUT2D eigenvalue weighted by molar-refractivity contribution is -0.139. The molecule has 20 heavy (non-hydrogen) atoms. The molecule has 0 aromatic heterocycles. The lowest BCUT2D eigenvalue weighted by atomic mass is 10.0. The molecule has 0 aliphatic carbocycles. The summed E-state index contributed by atoms with van der Waals surface area (Å²) in [6, 6.07) is 4.25. The summed E-state index contributed by atoms with van der Waals surface area (Å²) in [4.78, 5) is 13.7. The first-order chi connectivity index (χ1) is 9.09. The van der Waals surface area contributed by atoms with Crippen LogP contribution in [0.2, 0.25) is 0 Å². The Bertz CT molecular complexity index is 438. The van der Waals surface area contributed by atoms with Crippen LogP contribution in [0, 0.1) is 5.82 Å². The number of hydrogen-bond donors (Lipinski definition) is 2. The van der Waals surface area contributed by atoms with E-state index in [0.29, 0.717) is 31.9 Å². The Balaban J connectivity index is 0.00000200. The number of carbonyl (C=O) groups excluding carboxylic acids is 1. The van der Waals surface area contributed by atoms with Crippen molar-refractivity contribution in [3.05, 3.63) is 35.6 Å². The number of morpholine rings is 1. The first-order valence-electron chi connectivity index (χ1n) is 6.15. The molecule has 1 aliphatic heterocycles. The maximum absolute atomic E-state index is 12.8. The Labute approximate surface area is 122 Å². The quantitative estimate of drug-likeness (QED) is 0.851. The van der Waals surface area contributed by atoms with Crippen LogP contribution >= 0.6 is 12.4 Å². The van der Waals surface area contributed by atoms with E-state index in [1.54, 1.807) is 4.90 Å². The van der Waals surface area contributed by atoms with Gasteiger partial charge in [-0.1, -0.05) is 12.1 Å². The minimum atomic E-state index is -1.14. The lowest BCUT2D eigenvalue weighted by Crippen LogP contribution is -2.50. The van der Waals surface area contributed by atoms with Crippen LogP contribution in [0.3, 0.4) is 0 Å². The van der Waals surface area contributed by atoms with Gasteiger partial charge in [0.15, 0.2) is 0 Å². The number of carbonyl (C=O) groups is 1. The summed E-state index contributed by atoms with van der Waals surface area (Å²) in [6.07, 6.45) is -1.14. The summed E-state index contributed by atoms with van der Waals surface area (Å²) in [7, 11) is 0. The number of nitrogens with two attached hydrogens (primary N) is 1. The van der Waals surface area contributed by atoms with E-state index in [2.05, 4.69) is 0 Å². The molecule has 1 aromatic carbocycles. The van der Waals surface area contributed by atoms with E-state index < -0.39 is 18.0 Å². The van der Waals surface area contributed by atoms with Crippen LogP contribution in [0.15, 0.2) is 24.3 Å². The molecule has 0 radical (unpaired) electrons. The van der Waals surface area contributed by atoms with E-state index >= 15 is 0 Å². The van der Waals surface area contributed by atoms with Crippen LogP contribution in [0.5, 0.6) is 0 Å². The van der Waals surface area contributed by atoms with Gasteiger partial charge in [-0.2, -0.15) is 0 Å². The number of aliphatic hydroxyl groups is 1. The fourth-order valence-corrected chi connectivity index (χ4v) is 2.00. The first-order valence-corrected chi connectivity index (χ1v) is 6.15. The highest BCUT2D eigenvalue weighted by atomic mass is 35.5. The van der Waals surface area contributed by atoms with Gasteiger partial charge in [-0.05, 0) is 17.7 Å². The zero-order chi connectivity index (χ0) is 13.8. The molecular weight excluding hydrogens is 287 g/mol. The highest BCUT2D eigenvalue weighted by Crippen LogP contribution is 2.18. The third-order valence-corrected chi connectivity index (χ3v) is 3.16. The van der Waals surface area contributed by atoms with Gasteiger partial charge in [-0.25, -0.2) is 4.39 Å². The van der Waals surface area contributed by atoms with Gasteiger partial charge < -0.3 is 20.5 Å². The second-order valence-electron chi connectivity index (χ2n) is 4.46. The summed E-state index contributed by atoms with van der Waals surface area (Å²) in [5.41, 5.74) is 6.21. The van der Waals surface area contributed by atoms with Gasteiger partial charge in [0.1, 0.15) is 18.0 Å². The molecule has 5 nitrogen and oxygen atoms in total. The largest absolute Gasteiger partial charge is 0.386 e. The number of halogens is 2. The van der Waals surface area contributed by atoms with E-state index in [1.807, 2.05) is 0 Å². The van der Waals surface area contributed by atoms with Gasteiger partial charge >= 0.3 is 0 Å². The van der Waals surface area contributed by atoms with Crippen molar-refractivity contribution < 1.29 is 19.0 Å². The fraction of sp³-hybridized carbons (Fsp3) is 0.462. The third-order valence-electron chi connectivity index (χ3n) is 3.16. The smallest absolute Gasteiger partial charge is 0.242 e. The van der Waals surface area contributed by atoms with E-state index in [1.165, 1.54) is 24.3 Å². The summed E-state index contributed by atoms with van der Waals surface area (Å²) >= 11 is 0. The molecule has 112 valence electrons. The number of ether oxygens (including phenoxy) is 1. The molecule has 1 saturated heterocycles. The number of amides is 1. The molecule has 0 spiro atoms. The topological polar surface area (TPSA) is 75.8 Å². The van der Waals surface area contributed by atoms with Crippen molar-refractivity contribution in [3.63, 3.8) is 0 Å². The maximum Gasteiger partial charge on any atom is 0.242 e. The van der Waals surface area contributed by atoms with Crippen molar-refractivity contribution in [1.29, 1.82) is 0 Å². The number of nitrogens with zero attached hydrogens (tertiary/aromatic N) is 1. The third kappa shape index (κ3) is 3.89. The van der Waals surface area contributed by atoms with Crippen molar-refractivity contribution >= 4 is 18.3 Å². The molecule has 0 unspecified atom stereocenters. The van der Waals surface area contributed by atoms with Crippen molar-refractivity contribution in [3.8, 4) is 0 Å². The van der Waals surface area contributed by atoms with Crippen LogP contribution in [-0.2, 0) is 9.53 Å². The number of benzene rings is 1. The molecule has 1 aromatic rings. The van der Waals surface area contributed by atoms with Gasteiger partial charge in [0, 0.05) is 13.1 Å². The van der Waals surface area contributed by atoms with Crippen molar-refractivity contribution in [2.24, 2.45) is 5.73 Å². The molecule has 1 heterocycles. The van der Waals surface area contributed by atoms with E-state index in [9.17, 15) is 14.3 Å². The van der Waals surface area contributed by atoms with Crippen molar-refractivity contribution in [1.82, 2.24) is 4.90 Å². The highest BCUT2D eigenvalue weighted by molar-refractivity contribution is 5.85. The molecule has 3 N–H and O–H groups in total. The molecule has 0 bridgehead atoms. The number of aliphatic hydroxyl groups excluding tert-OH is 1. The standard InChI is InChI=1S/C13H17FN2O3.ClH/c14-10-3-1-9(2-4-10)12(17)11(15)13(18)16-5-7-19-8-6-16;/h1-4,11-12,17H,5-8,15H2;1H/t11-,12+;/m1./s1. The van der Waals surface area contributed by atoms with Gasteiger partial charge in [0.05, 0.1) is 13.2 Å². The Morgan fingerprint density at radius 1 is 1.30 bits per heavy atom. The molecule has 2 rings (SSSR count). The average molecular weight is 305 g/mol. The second-order valence-corrected chi connectivity index (χ2v) is 4.46. The van der Waals surface area contributed by atoms with Crippen LogP contribution in [0.1, 0.15) is 11.7 Å².